The maximum Gasteiger partial charge on any atom is 0.0663 e. The molecule has 0 saturated carbocycles. The van der Waals surface area contributed by atoms with Crippen LogP contribution in [0.3, 0.4) is 0 Å². The number of rotatable bonds is 5. The van der Waals surface area contributed by atoms with Gasteiger partial charge >= 0.3 is 0 Å². The molecule has 0 N–H and O–H groups in total. The van der Waals surface area contributed by atoms with Crippen LogP contribution in [0.15, 0.2) is 24.3 Å². The monoisotopic (exact) mass is 271 g/mol. The fourth-order valence-electron chi connectivity index (χ4n) is 1.56. The van der Waals surface area contributed by atoms with Gasteiger partial charge in [0.1, 0.15) is 0 Å². The van der Waals surface area contributed by atoms with Crippen molar-refractivity contribution in [2.24, 2.45) is 0 Å². The number of anilines is 1. The Hall–Kier alpha value is -0.540. The molecule has 1 rings (SSSR count). The number of para-hydroxylation sites is 1. The van der Waals surface area contributed by atoms with E-state index < -0.39 is 0 Å². The van der Waals surface area contributed by atoms with Crippen LogP contribution in [0.5, 0.6) is 0 Å². The predicted molar refractivity (Wildman–Crippen MR) is 68.8 cm³/mol. The highest BCUT2D eigenvalue weighted by atomic mass is 79.9. The van der Waals surface area contributed by atoms with Gasteiger partial charge in [-0.25, -0.2) is 0 Å². The maximum atomic E-state index is 5.17. The fraction of sp³-hybridized carbons (Fsp3) is 0.500. The first kappa shape index (κ1) is 12.5. The van der Waals surface area contributed by atoms with Crippen LogP contribution in [0.4, 0.5) is 5.69 Å². The van der Waals surface area contributed by atoms with E-state index in [-0.39, 0.29) is 0 Å². The van der Waals surface area contributed by atoms with E-state index >= 15 is 0 Å². The van der Waals surface area contributed by atoms with Gasteiger partial charge in [-0.1, -0.05) is 34.1 Å². The summed E-state index contributed by atoms with van der Waals surface area (Å²) in [6.45, 7) is 2.90. The molecule has 1 atom stereocenters. The average Bonchev–Trinajstić information content (AvgIpc) is 2.28. The van der Waals surface area contributed by atoms with Gasteiger partial charge in [-0.3, -0.25) is 0 Å². The minimum absolute atomic E-state index is 0.384. The summed E-state index contributed by atoms with van der Waals surface area (Å²) in [6.07, 6.45) is 0. The van der Waals surface area contributed by atoms with Gasteiger partial charge in [-0.2, -0.15) is 0 Å². The molecule has 1 aromatic rings. The molecule has 0 aliphatic rings. The molecule has 2 nitrogen and oxygen atoms in total. The number of alkyl halides is 1. The third-order valence-corrected chi connectivity index (χ3v) is 3.19. The second-order valence-corrected chi connectivity index (χ2v) is 4.24. The van der Waals surface area contributed by atoms with E-state index in [2.05, 4.69) is 59.1 Å². The van der Waals surface area contributed by atoms with Crippen molar-refractivity contribution in [3.63, 3.8) is 0 Å². The molecule has 1 unspecified atom stereocenters. The SMILES string of the molecule is COCC(C)N(C)c1ccccc1CBr. The quantitative estimate of drug-likeness (QED) is 0.764. The van der Waals surface area contributed by atoms with Crippen LogP contribution in [0.25, 0.3) is 0 Å². The van der Waals surface area contributed by atoms with Crippen molar-refractivity contribution in [3.8, 4) is 0 Å². The number of hydrogen-bond acceptors (Lipinski definition) is 2. The Labute approximate surface area is 100 Å². The number of benzene rings is 1. The second kappa shape index (κ2) is 6.13. The lowest BCUT2D eigenvalue weighted by Gasteiger charge is -2.28. The molecule has 0 aliphatic heterocycles. The fourth-order valence-corrected chi connectivity index (χ4v) is 2.03. The lowest BCUT2D eigenvalue weighted by molar-refractivity contribution is 0.183. The van der Waals surface area contributed by atoms with Crippen LogP contribution in [-0.2, 0) is 10.1 Å². The molecule has 0 fully saturated rings. The standard InChI is InChI=1S/C12H18BrNO/c1-10(9-15-3)14(2)12-7-5-4-6-11(12)8-13/h4-7,10H,8-9H2,1-3H3. The highest BCUT2D eigenvalue weighted by Gasteiger charge is 2.12. The van der Waals surface area contributed by atoms with Crippen LogP contribution in [0.1, 0.15) is 12.5 Å². The van der Waals surface area contributed by atoms with E-state index in [1.54, 1.807) is 7.11 Å². The van der Waals surface area contributed by atoms with E-state index in [1.165, 1.54) is 11.3 Å². The summed E-state index contributed by atoms with van der Waals surface area (Å²) in [5, 5.41) is 0.882. The number of ether oxygens (including phenoxy) is 1. The van der Waals surface area contributed by atoms with Crippen LogP contribution in [0, 0.1) is 0 Å². The van der Waals surface area contributed by atoms with Crippen molar-refractivity contribution < 1.29 is 4.74 Å². The van der Waals surface area contributed by atoms with Gasteiger partial charge in [0.15, 0.2) is 0 Å². The molecule has 84 valence electrons. The van der Waals surface area contributed by atoms with Crippen molar-refractivity contribution in [2.45, 2.75) is 18.3 Å². The van der Waals surface area contributed by atoms with E-state index in [9.17, 15) is 0 Å². The highest BCUT2D eigenvalue weighted by molar-refractivity contribution is 9.08. The lowest BCUT2D eigenvalue weighted by Crippen LogP contribution is -2.33. The van der Waals surface area contributed by atoms with Crippen molar-refractivity contribution >= 4 is 21.6 Å². The first-order chi connectivity index (χ1) is 7.20. The minimum atomic E-state index is 0.384. The van der Waals surface area contributed by atoms with Gasteiger partial charge in [0, 0.05) is 31.2 Å². The minimum Gasteiger partial charge on any atom is -0.383 e. The number of likely N-dealkylation sites (N-methyl/N-ethyl adjacent to an activating group) is 1. The first-order valence-corrected chi connectivity index (χ1v) is 6.18. The van der Waals surface area contributed by atoms with Crippen LogP contribution in [-0.4, -0.2) is 26.8 Å². The lowest BCUT2D eigenvalue weighted by atomic mass is 10.1. The zero-order valence-electron chi connectivity index (χ0n) is 9.53. The molecule has 0 spiro atoms. The topological polar surface area (TPSA) is 12.5 Å². The largest absolute Gasteiger partial charge is 0.383 e. The predicted octanol–water partition coefficient (Wildman–Crippen LogP) is 3.05. The van der Waals surface area contributed by atoms with Gasteiger partial charge in [-0.15, -0.1) is 0 Å². The Morgan fingerprint density at radius 2 is 2.07 bits per heavy atom. The third-order valence-electron chi connectivity index (χ3n) is 2.58. The third kappa shape index (κ3) is 3.21. The highest BCUT2D eigenvalue weighted by Crippen LogP contribution is 2.23. The first-order valence-electron chi connectivity index (χ1n) is 5.06. The van der Waals surface area contributed by atoms with Crippen LogP contribution >= 0.6 is 15.9 Å². The Kier molecular flexibility index (Phi) is 5.12. The van der Waals surface area contributed by atoms with Crippen molar-refractivity contribution in [3.05, 3.63) is 29.8 Å². The molecule has 0 saturated heterocycles. The summed E-state index contributed by atoms with van der Waals surface area (Å²) in [7, 11) is 3.84. The molecular formula is C12H18BrNO. The molecule has 0 heterocycles. The van der Waals surface area contributed by atoms with Crippen molar-refractivity contribution in [2.75, 3.05) is 25.7 Å². The molecule has 0 aromatic heterocycles. The zero-order valence-corrected chi connectivity index (χ0v) is 11.1. The molecule has 0 amide bonds. The number of methoxy groups -OCH3 is 1. The molecule has 0 radical (unpaired) electrons. The smallest absolute Gasteiger partial charge is 0.0663 e. The summed E-state index contributed by atoms with van der Waals surface area (Å²) in [4.78, 5) is 2.25. The summed E-state index contributed by atoms with van der Waals surface area (Å²) < 4.78 is 5.17. The zero-order chi connectivity index (χ0) is 11.3. The normalized spacial score (nSPS) is 12.5. The van der Waals surface area contributed by atoms with Gasteiger partial charge in [0.2, 0.25) is 0 Å². The van der Waals surface area contributed by atoms with E-state index in [1.807, 2.05) is 0 Å². The molecule has 0 bridgehead atoms. The van der Waals surface area contributed by atoms with Crippen molar-refractivity contribution in [1.82, 2.24) is 0 Å². The average molecular weight is 272 g/mol. The molecule has 0 aliphatic carbocycles. The van der Waals surface area contributed by atoms with Gasteiger partial charge in [0.25, 0.3) is 0 Å². The van der Waals surface area contributed by atoms with Crippen molar-refractivity contribution in [1.29, 1.82) is 0 Å². The summed E-state index contributed by atoms with van der Waals surface area (Å²) >= 11 is 3.51. The Morgan fingerprint density at radius 3 is 2.67 bits per heavy atom. The number of nitrogens with zero attached hydrogens (tertiary/aromatic N) is 1. The van der Waals surface area contributed by atoms with Gasteiger partial charge in [-0.05, 0) is 18.6 Å². The Bertz CT molecular complexity index is 303. The van der Waals surface area contributed by atoms with Crippen LogP contribution < -0.4 is 4.90 Å². The Balaban J connectivity index is 2.84. The maximum absolute atomic E-state index is 5.17. The second-order valence-electron chi connectivity index (χ2n) is 3.68. The molecule has 1 aromatic carbocycles. The summed E-state index contributed by atoms with van der Waals surface area (Å²) in [6, 6.07) is 8.80. The number of hydrogen-bond donors (Lipinski definition) is 0. The van der Waals surface area contributed by atoms with E-state index in [0.717, 1.165) is 11.9 Å². The van der Waals surface area contributed by atoms with E-state index in [0.29, 0.717) is 6.04 Å². The molecule has 15 heavy (non-hydrogen) atoms. The van der Waals surface area contributed by atoms with Gasteiger partial charge < -0.3 is 9.64 Å². The van der Waals surface area contributed by atoms with Gasteiger partial charge in [0.05, 0.1) is 6.61 Å². The summed E-state index contributed by atoms with van der Waals surface area (Å²) in [5.74, 6) is 0. The molecular weight excluding hydrogens is 254 g/mol. The van der Waals surface area contributed by atoms with E-state index in [4.69, 9.17) is 4.74 Å². The Morgan fingerprint density at radius 1 is 1.40 bits per heavy atom. The molecule has 3 heteroatoms. The summed E-state index contributed by atoms with van der Waals surface area (Å²) in [5.41, 5.74) is 2.57. The number of halogens is 1. The van der Waals surface area contributed by atoms with Crippen LogP contribution in [0.2, 0.25) is 0 Å².